The van der Waals surface area contributed by atoms with Crippen LogP contribution in [0.25, 0.3) is 0 Å². The Balaban J connectivity index is 2.85. The molecule has 0 aliphatic heterocycles. The number of hydrogen-bond acceptors (Lipinski definition) is 3. The lowest BCUT2D eigenvalue weighted by molar-refractivity contribution is 0.142. The van der Waals surface area contributed by atoms with Gasteiger partial charge in [-0.2, -0.15) is 4.98 Å². The van der Waals surface area contributed by atoms with Crippen LogP contribution in [0.1, 0.15) is 11.5 Å². The molecule has 5 heteroatoms. The number of ether oxygens (including phenoxy) is 1. The third-order valence-electron chi connectivity index (χ3n) is 1.14. The monoisotopic (exact) mass is 156 g/mol. The van der Waals surface area contributed by atoms with Gasteiger partial charge >= 0.3 is 6.16 Å². The van der Waals surface area contributed by atoms with Crippen LogP contribution in [-0.2, 0) is 0 Å². The molecule has 0 aliphatic rings. The molecule has 1 aromatic rings. The molecule has 0 amide bonds. The Hall–Kier alpha value is -1.52. The van der Waals surface area contributed by atoms with E-state index in [1.807, 2.05) is 0 Å². The van der Waals surface area contributed by atoms with Crippen LogP contribution in [0, 0.1) is 13.8 Å². The van der Waals surface area contributed by atoms with Crippen LogP contribution in [-0.4, -0.2) is 21.2 Å². The van der Waals surface area contributed by atoms with Crippen molar-refractivity contribution in [1.29, 1.82) is 0 Å². The Morgan fingerprint density at radius 2 is 2.27 bits per heavy atom. The van der Waals surface area contributed by atoms with Gasteiger partial charge in [-0.3, -0.25) is 0 Å². The van der Waals surface area contributed by atoms with E-state index in [-0.39, 0.29) is 5.88 Å². The first-order chi connectivity index (χ1) is 5.09. The van der Waals surface area contributed by atoms with E-state index in [9.17, 15) is 4.79 Å². The lowest BCUT2D eigenvalue weighted by Crippen LogP contribution is -2.04. The first-order valence-corrected chi connectivity index (χ1v) is 3.03. The molecule has 11 heavy (non-hydrogen) atoms. The molecule has 0 aromatic carbocycles. The van der Waals surface area contributed by atoms with Crippen molar-refractivity contribution in [2.45, 2.75) is 13.8 Å². The summed E-state index contributed by atoms with van der Waals surface area (Å²) in [5.74, 6) is 0.758. The number of hydrogen-bond donors (Lipinski definition) is 2. The number of carboxylic acid groups (broad SMARTS) is 1. The Morgan fingerprint density at radius 1 is 1.64 bits per heavy atom. The molecule has 0 bridgehead atoms. The van der Waals surface area contributed by atoms with Gasteiger partial charge in [-0.15, -0.1) is 0 Å². The molecule has 0 saturated heterocycles. The first kappa shape index (κ1) is 7.59. The zero-order valence-electron chi connectivity index (χ0n) is 6.21. The molecule has 0 fully saturated rings. The van der Waals surface area contributed by atoms with Crippen LogP contribution < -0.4 is 4.74 Å². The summed E-state index contributed by atoms with van der Waals surface area (Å²) in [6.07, 6.45) is -1.35. The van der Waals surface area contributed by atoms with Crippen molar-refractivity contribution in [1.82, 2.24) is 9.97 Å². The number of aryl methyl sites for hydroxylation is 2. The summed E-state index contributed by atoms with van der Waals surface area (Å²) < 4.78 is 4.34. The van der Waals surface area contributed by atoms with Crippen LogP contribution in [0.4, 0.5) is 4.79 Å². The summed E-state index contributed by atoms with van der Waals surface area (Å²) in [4.78, 5) is 16.7. The van der Waals surface area contributed by atoms with E-state index in [2.05, 4.69) is 14.7 Å². The highest BCUT2D eigenvalue weighted by Crippen LogP contribution is 2.12. The second-order valence-corrected chi connectivity index (χ2v) is 2.12. The molecular formula is C6H8N2O3. The molecule has 1 rings (SSSR count). The molecule has 0 radical (unpaired) electrons. The number of imidazole rings is 1. The number of rotatable bonds is 1. The Bertz CT molecular complexity index is 279. The second-order valence-electron chi connectivity index (χ2n) is 2.12. The SMILES string of the molecule is Cc1nc(OC(=O)O)c(C)[nH]1. The third-order valence-corrected chi connectivity index (χ3v) is 1.14. The van der Waals surface area contributed by atoms with E-state index in [1.54, 1.807) is 13.8 Å². The molecule has 2 N–H and O–H groups in total. The quantitative estimate of drug-likeness (QED) is 0.596. The van der Waals surface area contributed by atoms with Crippen LogP contribution in [0.2, 0.25) is 0 Å². The van der Waals surface area contributed by atoms with E-state index >= 15 is 0 Å². The maximum atomic E-state index is 10.1. The van der Waals surface area contributed by atoms with Crippen molar-refractivity contribution in [2.24, 2.45) is 0 Å². The fraction of sp³-hybridized carbons (Fsp3) is 0.333. The highest BCUT2D eigenvalue weighted by atomic mass is 16.7. The number of nitrogens with one attached hydrogen (secondary N) is 1. The number of aromatic nitrogens is 2. The average Bonchev–Trinajstić information content (AvgIpc) is 2.09. The fourth-order valence-electron chi connectivity index (χ4n) is 0.771. The molecule has 1 heterocycles. The van der Waals surface area contributed by atoms with Crippen molar-refractivity contribution in [2.75, 3.05) is 0 Å². The van der Waals surface area contributed by atoms with Crippen molar-refractivity contribution < 1.29 is 14.6 Å². The minimum Gasteiger partial charge on any atom is -0.449 e. The fourth-order valence-corrected chi connectivity index (χ4v) is 0.771. The van der Waals surface area contributed by atoms with Gasteiger partial charge < -0.3 is 14.8 Å². The lowest BCUT2D eigenvalue weighted by atomic mass is 10.5. The van der Waals surface area contributed by atoms with Gasteiger partial charge in [-0.05, 0) is 13.8 Å². The highest BCUT2D eigenvalue weighted by molar-refractivity contribution is 5.60. The van der Waals surface area contributed by atoms with Gasteiger partial charge in [0, 0.05) is 0 Å². The van der Waals surface area contributed by atoms with Crippen molar-refractivity contribution in [3.05, 3.63) is 11.5 Å². The van der Waals surface area contributed by atoms with Gasteiger partial charge in [0.15, 0.2) is 0 Å². The molecule has 0 saturated carbocycles. The summed E-state index contributed by atoms with van der Waals surface area (Å²) in [7, 11) is 0. The van der Waals surface area contributed by atoms with Gasteiger partial charge in [0.05, 0.1) is 5.69 Å². The molecule has 0 unspecified atom stereocenters. The van der Waals surface area contributed by atoms with E-state index in [0.717, 1.165) is 0 Å². The standard InChI is InChI=1S/C6H8N2O3/c1-3-5(11-6(9)10)8-4(2)7-3/h1-2H3,(H,7,8)(H,9,10). The van der Waals surface area contributed by atoms with Crippen LogP contribution >= 0.6 is 0 Å². The normalized spacial score (nSPS) is 9.64. The largest absolute Gasteiger partial charge is 0.512 e. The van der Waals surface area contributed by atoms with Crippen molar-refractivity contribution in [3.63, 3.8) is 0 Å². The van der Waals surface area contributed by atoms with Crippen LogP contribution in [0.15, 0.2) is 0 Å². The van der Waals surface area contributed by atoms with Gasteiger partial charge in [0.25, 0.3) is 0 Å². The van der Waals surface area contributed by atoms with Crippen LogP contribution in [0.5, 0.6) is 5.88 Å². The van der Waals surface area contributed by atoms with E-state index in [1.165, 1.54) is 0 Å². The van der Waals surface area contributed by atoms with Gasteiger partial charge in [0.1, 0.15) is 5.82 Å². The van der Waals surface area contributed by atoms with E-state index < -0.39 is 6.16 Å². The average molecular weight is 156 g/mol. The minimum atomic E-state index is -1.35. The number of aromatic amines is 1. The highest BCUT2D eigenvalue weighted by Gasteiger charge is 2.08. The summed E-state index contributed by atoms with van der Waals surface area (Å²) in [5, 5.41) is 8.22. The molecule has 60 valence electrons. The first-order valence-electron chi connectivity index (χ1n) is 3.03. The van der Waals surface area contributed by atoms with Crippen LogP contribution in [0.3, 0.4) is 0 Å². The summed E-state index contributed by atoms with van der Waals surface area (Å²) in [6, 6.07) is 0. The number of nitrogens with zero attached hydrogens (tertiary/aromatic N) is 1. The smallest absolute Gasteiger partial charge is 0.449 e. The van der Waals surface area contributed by atoms with Gasteiger partial charge in [-0.1, -0.05) is 0 Å². The van der Waals surface area contributed by atoms with E-state index in [0.29, 0.717) is 11.5 Å². The summed E-state index contributed by atoms with van der Waals surface area (Å²) >= 11 is 0. The molecule has 5 nitrogen and oxygen atoms in total. The summed E-state index contributed by atoms with van der Waals surface area (Å²) in [6.45, 7) is 3.42. The van der Waals surface area contributed by atoms with Crippen molar-refractivity contribution >= 4 is 6.16 Å². The zero-order chi connectivity index (χ0) is 8.43. The number of carbonyl (C=O) groups is 1. The topological polar surface area (TPSA) is 75.2 Å². The summed E-state index contributed by atoms with van der Waals surface area (Å²) in [5.41, 5.74) is 0.616. The molecule has 1 aromatic heterocycles. The van der Waals surface area contributed by atoms with Gasteiger partial charge in [0.2, 0.25) is 5.88 Å². The molecular weight excluding hydrogens is 148 g/mol. The van der Waals surface area contributed by atoms with Gasteiger partial charge in [-0.25, -0.2) is 4.79 Å². The maximum absolute atomic E-state index is 10.1. The minimum absolute atomic E-state index is 0.120. The Morgan fingerprint density at radius 3 is 2.64 bits per heavy atom. The second kappa shape index (κ2) is 2.61. The third kappa shape index (κ3) is 1.70. The molecule has 0 spiro atoms. The molecule has 0 aliphatic carbocycles. The predicted octanol–water partition coefficient (Wildman–Crippen LogP) is 1.08. The maximum Gasteiger partial charge on any atom is 0.512 e. The zero-order valence-corrected chi connectivity index (χ0v) is 6.21. The number of H-pyrrole nitrogens is 1. The van der Waals surface area contributed by atoms with E-state index in [4.69, 9.17) is 5.11 Å². The lowest BCUT2D eigenvalue weighted by Gasteiger charge is -1.92. The Kier molecular flexibility index (Phi) is 1.80. The Labute approximate surface area is 63.0 Å². The van der Waals surface area contributed by atoms with Crippen molar-refractivity contribution in [3.8, 4) is 5.88 Å². The predicted molar refractivity (Wildman–Crippen MR) is 36.7 cm³/mol. The molecule has 0 atom stereocenters.